The standard InChI is InChI=1S/C9H14F3NS/c10-9(11,12)7-2-1-3-8(6-7)13-4-5-14-8/h7,13H,1-6H2. The van der Waals surface area contributed by atoms with Crippen LogP contribution in [0.15, 0.2) is 0 Å². The zero-order valence-electron chi connectivity index (χ0n) is 7.86. The molecule has 2 atom stereocenters. The normalized spacial score (nSPS) is 39.2. The van der Waals surface area contributed by atoms with Crippen LogP contribution < -0.4 is 5.32 Å². The Balaban J connectivity index is 2.03. The summed E-state index contributed by atoms with van der Waals surface area (Å²) in [6.45, 7) is 0.856. The first-order valence-corrected chi connectivity index (χ1v) is 5.96. The maximum absolute atomic E-state index is 12.5. The van der Waals surface area contributed by atoms with E-state index in [9.17, 15) is 13.2 Å². The molecular formula is C9H14F3NS. The minimum atomic E-state index is -4.00. The van der Waals surface area contributed by atoms with Gasteiger partial charge in [0.2, 0.25) is 0 Å². The van der Waals surface area contributed by atoms with E-state index < -0.39 is 12.1 Å². The monoisotopic (exact) mass is 225 g/mol. The van der Waals surface area contributed by atoms with E-state index in [0.29, 0.717) is 12.8 Å². The van der Waals surface area contributed by atoms with Crippen molar-refractivity contribution in [3.8, 4) is 0 Å². The summed E-state index contributed by atoms with van der Waals surface area (Å²) in [7, 11) is 0. The van der Waals surface area contributed by atoms with Gasteiger partial charge >= 0.3 is 6.18 Å². The molecular weight excluding hydrogens is 211 g/mol. The van der Waals surface area contributed by atoms with Gasteiger partial charge < -0.3 is 5.32 Å². The van der Waals surface area contributed by atoms with Crippen molar-refractivity contribution in [3.63, 3.8) is 0 Å². The van der Waals surface area contributed by atoms with E-state index in [4.69, 9.17) is 0 Å². The SMILES string of the molecule is FC(F)(F)C1CCCC2(C1)NCCS2. The van der Waals surface area contributed by atoms with Crippen LogP contribution in [0.3, 0.4) is 0 Å². The lowest BCUT2D eigenvalue weighted by molar-refractivity contribution is -0.184. The van der Waals surface area contributed by atoms with Gasteiger partial charge in [-0.2, -0.15) is 13.2 Å². The second-order valence-corrected chi connectivity index (χ2v) is 5.58. The molecule has 2 unspecified atom stereocenters. The van der Waals surface area contributed by atoms with Crippen LogP contribution in [0.2, 0.25) is 0 Å². The van der Waals surface area contributed by atoms with E-state index in [2.05, 4.69) is 5.32 Å². The van der Waals surface area contributed by atoms with Gasteiger partial charge in [0.05, 0.1) is 10.8 Å². The van der Waals surface area contributed by atoms with Gasteiger partial charge in [-0.25, -0.2) is 0 Å². The van der Waals surface area contributed by atoms with E-state index >= 15 is 0 Å². The van der Waals surface area contributed by atoms with E-state index in [1.165, 1.54) is 0 Å². The predicted octanol–water partition coefficient (Wildman–Crippen LogP) is 2.77. The van der Waals surface area contributed by atoms with Crippen molar-refractivity contribution in [1.29, 1.82) is 0 Å². The Morgan fingerprint density at radius 2 is 2.14 bits per heavy atom. The average Bonchev–Trinajstić information content (AvgIpc) is 2.52. The van der Waals surface area contributed by atoms with Crippen molar-refractivity contribution >= 4 is 11.8 Å². The highest BCUT2D eigenvalue weighted by Gasteiger charge is 2.48. The summed E-state index contributed by atoms with van der Waals surface area (Å²) in [5.41, 5.74) is 0. The molecule has 0 aromatic heterocycles. The summed E-state index contributed by atoms with van der Waals surface area (Å²) in [6.07, 6.45) is -1.83. The smallest absolute Gasteiger partial charge is 0.302 e. The Hall–Kier alpha value is 0.100. The molecule has 0 radical (unpaired) electrons. The fourth-order valence-electron chi connectivity index (χ4n) is 2.38. The summed E-state index contributed by atoms with van der Waals surface area (Å²) in [5.74, 6) is -0.140. The first-order chi connectivity index (χ1) is 6.52. The maximum Gasteiger partial charge on any atom is 0.391 e. The third-order valence-electron chi connectivity index (χ3n) is 3.10. The molecule has 2 fully saturated rings. The number of thioether (sulfide) groups is 1. The predicted molar refractivity (Wildman–Crippen MR) is 51.2 cm³/mol. The Labute approximate surface area is 85.8 Å². The lowest BCUT2D eigenvalue weighted by atomic mass is 9.84. The fourth-order valence-corrected chi connectivity index (χ4v) is 3.79. The van der Waals surface area contributed by atoms with Crippen molar-refractivity contribution in [2.75, 3.05) is 12.3 Å². The van der Waals surface area contributed by atoms with Crippen LogP contribution in [0.4, 0.5) is 13.2 Å². The van der Waals surface area contributed by atoms with Crippen LogP contribution in [0, 0.1) is 5.92 Å². The van der Waals surface area contributed by atoms with Crippen molar-refractivity contribution in [2.24, 2.45) is 5.92 Å². The third kappa shape index (κ3) is 2.03. The summed E-state index contributed by atoms with van der Waals surface area (Å²) in [5, 5.41) is 3.24. The maximum atomic E-state index is 12.5. The third-order valence-corrected chi connectivity index (χ3v) is 4.58. The van der Waals surface area contributed by atoms with Crippen LogP contribution in [-0.4, -0.2) is 23.3 Å². The second-order valence-electron chi connectivity index (χ2n) is 4.10. The van der Waals surface area contributed by atoms with Gasteiger partial charge in [-0.1, -0.05) is 6.42 Å². The Bertz CT molecular complexity index is 211. The molecule has 1 saturated carbocycles. The Morgan fingerprint density at radius 1 is 1.36 bits per heavy atom. The molecule has 1 aliphatic heterocycles. The highest BCUT2D eigenvalue weighted by Crippen LogP contribution is 2.47. The largest absolute Gasteiger partial charge is 0.391 e. The molecule has 1 spiro atoms. The zero-order valence-corrected chi connectivity index (χ0v) is 8.68. The van der Waals surface area contributed by atoms with Gasteiger partial charge in [0.15, 0.2) is 0 Å². The molecule has 0 bridgehead atoms. The summed E-state index contributed by atoms with van der Waals surface area (Å²) < 4.78 is 37.6. The minimum Gasteiger partial charge on any atom is -0.302 e. The van der Waals surface area contributed by atoms with Crippen LogP contribution in [0.1, 0.15) is 25.7 Å². The molecule has 2 rings (SSSR count). The average molecular weight is 225 g/mol. The fraction of sp³-hybridized carbons (Fsp3) is 1.00. The topological polar surface area (TPSA) is 12.0 Å². The molecule has 14 heavy (non-hydrogen) atoms. The van der Waals surface area contributed by atoms with Gasteiger partial charge in [0, 0.05) is 12.3 Å². The van der Waals surface area contributed by atoms with Crippen LogP contribution in [0.25, 0.3) is 0 Å². The zero-order chi connectivity index (χ0) is 10.2. The van der Waals surface area contributed by atoms with Gasteiger partial charge in [-0.15, -0.1) is 11.8 Å². The number of alkyl halides is 3. The lowest BCUT2D eigenvalue weighted by Crippen LogP contribution is -2.45. The summed E-state index contributed by atoms with van der Waals surface area (Å²) in [6, 6.07) is 0. The number of nitrogens with one attached hydrogen (secondary N) is 1. The molecule has 5 heteroatoms. The number of rotatable bonds is 0. The van der Waals surface area contributed by atoms with Crippen molar-refractivity contribution in [2.45, 2.75) is 36.7 Å². The van der Waals surface area contributed by atoms with Crippen LogP contribution in [0.5, 0.6) is 0 Å². The number of hydrogen-bond acceptors (Lipinski definition) is 2. The van der Waals surface area contributed by atoms with Gasteiger partial charge in [-0.3, -0.25) is 0 Å². The molecule has 0 amide bonds. The van der Waals surface area contributed by atoms with E-state index in [1.54, 1.807) is 11.8 Å². The molecule has 2 aliphatic rings. The highest BCUT2D eigenvalue weighted by atomic mass is 32.2. The van der Waals surface area contributed by atoms with Crippen LogP contribution in [-0.2, 0) is 0 Å². The summed E-state index contributed by atoms with van der Waals surface area (Å²) >= 11 is 1.67. The first-order valence-electron chi connectivity index (χ1n) is 4.98. The van der Waals surface area contributed by atoms with Gasteiger partial charge in [-0.05, 0) is 19.3 Å². The van der Waals surface area contributed by atoms with Gasteiger partial charge in [0.25, 0.3) is 0 Å². The molecule has 1 aliphatic carbocycles. The van der Waals surface area contributed by atoms with E-state index in [1.807, 2.05) is 0 Å². The Morgan fingerprint density at radius 3 is 2.71 bits per heavy atom. The molecule has 82 valence electrons. The van der Waals surface area contributed by atoms with Gasteiger partial charge in [0.1, 0.15) is 0 Å². The molecule has 1 saturated heterocycles. The molecule has 1 heterocycles. The molecule has 1 nitrogen and oxygen atoms in total. The molecule has 1 N–H and O–H groups in total. The summed E-state index contributed by atoms with van der Waals surface area (Å²) in [4.78, 5) is -0.252. The van der Waals surface area contributed by atoms with E-state index in [0.717, 1.165) is 18.7 Å². The lowest BCUT2D eigenvalue weighted by Gasteiger charge is -2.38. The van der Waals surface area contributed by atoms with E-state index in [-0.39, 0.29) is 11.3 Å². The van der Waals surface area contributed by atoms with Crippen molar-refractivity contribution in [1.82, 2.24) is 5.32 Å². The molecule has 0 aromatic rings. The van der Waals surface area contributed by atoms with Crippen molar-refractivity contribution < 1.29 is 13.2 Å². The van der Waals surface area contributed by atoms with Crippen LogP contribution >= 0.6 is 11.8 Å². The second kappa shape index (κ2) is 3.59. The first kappa shape index (κ1) is 10.6. The quantitative estimate of drug-likeness (QED) is 0.680. The Kier molecular flexibility index (Phi) is 2.72. The number of halogens is 3. The number of hydrogen-bond donors (Lipinski definition) is 1. The minimum absolute atomic E-state index is 0.252. The van der Waals surface area contributed by atoms with Crippen molar-refractivity contribution in [3.05, 3.63) is 0 Å². The molecule has 0 aromatic carbocycles. The highest BCUT2D eigenvalue weighted by molar-refractivity contribution is 8.00.